The summed E-state index contributed by atoms with van der Waals surface area (Å²) in [4.78, 5) is 22.4. The van der Waals surface area contributed by atoms with Crippen LogP contribution in [0.25, 0.3) is 0 Å². The molecule has 0 rings (SSSR count). The molecule has 0 fully saturated rings. The molecule has 0 aromatic rings. The lowest BCUT2D eigenvalue weighted by Gasteiger charge is -2.17. The SMILES string of the molecule is CCC=C(C)C(=O)NC[C@H](CC(=O)O)CC(C)C. The van der Waals surface area contributed by atoms with E-state index in [-0.39, 0.29) is 18.2 Å². The number of hydrogen-bond donors (Lipinski definition) is 2. The fraction of sp³-hybridized carbons (Fsp3) is 0.714. The molecular weight excluding hydrogens is 230 g/mol. The van der Waals surface area contributed by atoms with Gasteiger partial charge in [0.25, 0.3) is 0 Å². The minimum atomic E-state index is -0.810. The van der Waals surface area contributed by atoms with Crippen molar-refractivity contribution in [3.05, 3.63) is 11.6 Å². The van der Waals surface area contributed by atoms with Crippen LogP contribution in [0.4, 0.5) is 0 Å². The molecule has 4 heteroatoms. The van der Waals surface area contributed by atoms with Crippen molar-refractivity contribution >= 4 is 11.9 Å². The van der Waals surface area contributed by atoms with Gasteiger partial charge in [0.1, 0.15) is 0 Å². The molecule has 0 saturated heterocycles. The Bertz CT molecular complexity index is 308. The maximum absolute atomic E-state index is 11.7. The molecule has 0 aliphatic carbocycles. The molecule has 0 aliphatic heterocycles. The molecule has 0 unspecified atom stereocenters. The van der Waals surface area contributed by atoms with Gasteiger partial charge in [-0.2, -0.15) is 0 Å². The van der Waals surface area contributed by atoms with E-state index in [2.05, 4.69) is 19.2 Å². The molecule has 0 spiro atoms. The lowest BCUT2D eigenvalue weighted by atomic mass is 9.94. The van der Waals surface area contributed by atoms with Crippen molar-refractivity contribution < 1.29 is 14.7 Å². The summed E-state index contributed by atoms with van der Waals surface area (Å²) < 4.78 is 0. The number of carbonyl (C=O) groups excluding carboxylic acids is 1. The van der Waals surface area contributed by atoms with Crippen LogP contribution in [0.2, 0.25) is 0 Å². The highest BCUT2D eigenvalue weighted by Gasteiger charge is 2.16. The summed E-state index contributed by atoms with van der Waals surface area (Å²) in [6, 6.07) is 0. The van der Waals surface area contributed by atoms with E-state index < -0.39 is 5.97 Å². The summed E-state index contributed by atoms with van der Waals surface area (Å²) in [6.45, 7) is 8.28. The van der Waals surface area contributed by atoms with Gasteiger partial charge in [-0.15, -0.1) is 0 Å². The maximum Gasteiger partial charge on any atom is 0.303 e. The fourth-order valence-corrected chi connectivity index (χ4v) is 1.93. The summed E-state index contributed by atoms with van der Waals surface area (Å²) in [5.41, 5.74) is 0.691. The lowest BCUT2D eigenvalue weighted by Crippen LogP contribution is -2.31. The summed E-state index contributed by atoms with van der Waals surface area (Å²) in [6.07, 6.45) is 3.60. The fourth-order valence-electron chi connectivity index (χ4n) is 1.93. The molecule has 0 aromatic carbocycles. The van der Waals surface area contributed by atoms with Crippen molar-refractivity contribution in [2.75, 3.05) is 6.54 Å². The van der Waals surface area contributed by atoms with Crippen LogP contribution >= 0.6 is 0 Å². The van der Waals surface area contributed by atoms with Gasteiger partial charge < -0.3 is 10.4 Å². The summed E-state index contributed by atoms with van der Waals surface area (Å²) >= 11 is 0. The minimum absolute atomic E-state index is 0.000812. The molecule has 0 bridgehead atoms. The number of carbonyl (C=O) groups is 2. The number of amides is 1. The van der Waals surface area contributed by atoms with Gasteiger partial charge >= 0.3 is 5.97 Å². The number of nitrogens with one attached hydrogen (secondary N) is 1. The Morgan fingerprint density at radius 2 is 1.94 bits per heavy atom. The molecule has 0 radical (unpaired) electrons. The number of carboxylic acids is 1. The maximum atomic E-state index is 11.7. The Morgan fingerprint density at radius 1 is 1.33 bits per heavy atom. The number of carboxylic acid groups (broad SMARTS) is 1. The van der Waals surface area contributed by atoms with Crippen LogP contribution in [0.3, 0.4) is 0 Å². The number of allylic oxidation sites excluding steroid dienone is 1. The molecule has 1 amide bonds. The normalized spacial score (nSPS) is 13.5. The first kappa shape index (κ1) is 16.7. The zero-order valence-electron chi connectivity index (χ0n) is 11.8. The summed E-state index contributed by atoms with van der Waals surface area (Å²) in [5, 5.41) is 11.6. The number of aliphatic carboxylic acids is 1. The van der Waals surface area contributed by atoms with Crippen molar-refractivity contribution in [2.45, 2.75) is 47.0 Å². The molecule has 0 aromatic heterocycles. The highest BCUT2D eigenvalue weighted by atomic mass is 16.4. The van der Waals surface area contributed by atoms with Gasteiger partial charge in [0, 0.05) is 18.5 Å². The number of rotatable bonds is 8. The van der Waals surface area contributed by atoms with Gasteiger partial charge in [0.2, 0.25) is 5.91 Å². The van der Waals surface area contributed by atoms with E-state index in [0.29, 0.717) is 18.0 Å². The molecule has 104 valence electrons. The van der Waals surface area contributed by atoms with Gasteiger partial charge in [-0.05, 0) is 31.6 Å². The van der Waals surface area contributed by atoms with Gasteiger partial charge in [-0.3, -0.25) is 9.59 Å². The van der Waals surface area contributed by atoms with Crippen molar-refractivity contribution in [1.29, 1.82) is 0 Å². The third-order valence-electron chi connectivity index (χ3n) is 2.69. The van der Waals surface area contributed by atoms with Gasteiger partial charge in [-0.25, -0.2) is 0 Å². The third-order valence-corrected chi connectivity index (χ3v) is 2.69. The molecule has 0 aliphatic rings. The quantitative estimate of drug-likeness (QED) is 0.655. The molecule has 0 saturated carbocycles. The smallest absolute Gasteiger partial charge is 0.303 e. The second-order valence-electron chi connectivity index (χ2n) is 5.10. The van der Waals surface area contributed by atoms with Crippen LogP contribution in [0.1, 0.15) is 47.0 Å². The second kappa shape index (κ2) is 8.72. The van der Waals surface area contributed by atoms with E-state index in [1.165, 1.54) is 0 Å². The van der Waals surface area contributed by atoms with E-state index in [1.807, 2.05) is 13.0 Å². The van der Waals surface area contributed by atoms with Crippen molar-refractivity contribution in [3.63, 3.8) is 0 Å². The topological polar surface area (TPSA) is 66.4 Å². The average Bonchev–Trinajstić information content (AvgIpc) is 2.24. The van der Waals surface area contributed by atoms with Crippen LogP contribution in [0, 0.1) is 11.8 Å². The van der Waals surface area contributed by atoms with Gasteiger partial charge in [0.15, 0.2) is 0 Å². The zero-order valence-corrected chi connectivity index (χ0v) is 11.8. The first-order valence-electron chi connectivity index (χ1n) is 6.53. The van der Waals surface area contributed by atoms with Crippen molar-refractivity contribution in [1.82, 2.24) is 5.32 Å². The first-order valence-corrected chi connectivity index (χ1v) is 6.53. The molecule has 18 heavy (non-hydrogen) atoms. The van der Waals surface area contributed by atoms with E-state index in [9.17, 15) is 9.59 Å². The summed E-state index contributed by atoms with van der Waals surface area (Å²) in [7, 11) is 0. The predicted molar refractivity (Wildman–Crippen MR) is 72.3 cm³/mol. The van der Waals surface area contributed by atoms with Crippen LogP contribution in [-0.2, 0) is 9.59 Å². The largest absolute Gasteiger partial charge is 0.481 e. The summed E-state index contributed by atoms with van der Waals surface area (Å²) in [5.74, 6) is -0.480. The van der Waals surface area contributed by atoms with E-state index >= 15 is 0 Å². The second-order valence-corrected chi connectivity index (χ2v) is 5.10. The van der Waals surface area contributed by atoms with Gasteiger partial charge in [0.05, 0.1) is 0 Å². The highest BCUT2D eigenvalue weighted by molar-refractivity contribution is 5.92. The third kappa shape index (κ3) is 7.87. The van der Waals surface area contributed by atoms with Crippen LogP contribution in [0.5, 0.6) is 0 Å². The molecule has 0 heterocycles. The van der Waals surface area contributed by atoms with E-state index in [1.54, 1.807) is 6.92 Å². The Hall–Kier alpha value is -1.32. The standard InChI is InChI=1S/C14H25NO3/c1-5-6-11(4)14(18)15-9-12(7-10(2)3)8-13(16)17/h6,10,12H,5,7-9H2,1-4H3,(H,15,18)(H,16,17)/t12-/m0/s1. The molecular formula is C14H25NO3. The van der Waals surface area contributed by atoms with E-state index in [0.717, 1.165) is 12.8 Å². The van der Waals surface area contributed by atoms with E-state index in [4.69, 9.17) is 5.11 Å². The van der Waals surface area contributed by atoms with Crippen LogP contribution < -0.4 is 5.32 Å². The zero-order chi connectivity index (χ0) is 14.1. The Morgan fingerprint density at radius 3 is 2.39 bits per heavy atom. The predicted octanol–water partition coefficient (Wildman–Crippen LogP) is 2.60. The van der Waals surface area contributed by atoms with Crippen molar-refractivity contribution in [2.24, 2.45) is 11.8 Å². The molecule has 2 N–H and O–H groups in total. The minimum Gasteiger partial charge on any atom is -0.481 e. The molecule has 1 atom stereocenters. The highest BCUT2D eigenvalue weighted by Crippen LogP contribution is 2.14. The number of hydrogen-bond acceptors (Lipinski definition) is 2. The average molecular weight is 255 g/mol. The lowest BCUT2D eigenvalue weighted by molar-refractivity contribution is -0.138. The first-order chi connectivity index (χ1) is 8.36. The van der Waals surface area contributed by atoms with Crippen molar-refractivity contribution in [3.8, 4) is 0 Å². The Balaban J connectivity index is 4.29. The Kier molecular flexibility index (Phi) is 8.08. The monoisotopic (exact) mass is 255 g/mol. The van der Waals surface area contributed by atoms with Crippen LogP contribution in [-0.4, -0.2) is 23.5 Å². The van der Waals surface area contributed by atoms with Crippen LogP contribution in [0.15, 0.2) is 11.6 Å². The molecule has 4 nitrogen and oxygen atoms in total. The Labute approximate surface area is 109 Å². The van der Waals surface area contributed by atoms with Gasteiger partial charge in [-0.1, -0.05) is 26.8 Å².